The van der Waals surface area contributed by atoms with Crippen LogP contribution in [0.1, 0.15) is 22.5 Å². The second kappa shape index (κ2) is 8.46. The summed E-state index contributed by atoms with van der Waals surface area (Å²) < 4.78 is 30.0. The van der Waals surface area contributed by atoms with Gasteiger partial charge < -0.3 is 9.32 Å². The highest BCUT2D eigenvalue weighted by Gasteiger charge is 2.35. The molecule has 4 rings (SSSR count). The fourth-order valence-electron chi connectivity index (χ4n) is 3.57. The number of hydrogen-bond acceptors (Lipinski definition) is 4. The molecule has 1 saturated heterocycles. The van der Waals surface area contributed by atoms with Gasteiger partial charge in [0, 0.05) is 27.2 Å². The average molecular weight is 464 g/mol. The summed E-state index contributed by atoms with van der Waals surface area (Å²) in [6.45, 7) is 0.169. The fraction of sp³-hybridized carbons (Fsp3) is 0.227. The Kier molecular flexibility index (Phi) is 5.91. The van der Waals surface area contributed by atoms with E-state index in [4.69, 9.17) is 27.6 Å². The zero-order valence-corrected chi connectivity index (χ0v) is 18.3. The molecule has 1 amide bonds. The Bertz CT molecular complexity index is 1170. The molecule has 3 aromatic rings. The molecule has 1 aromatic heterocycles. The molecule has 0 spiro atoms. The van der Waals surface area contributed by atoms with Crippen LogP contribution in [0.15, 0.2) is 65.1 Å². The van der Waals surface area contributed by atoms with Crippen molar-refractivity contribution in [2.24, 2.45) is 0 Å². The van der Waals surface area contributed by atoms with Gasteiger partial charge in [-0.25, -0.2) is 8.42 Å². The van der Waals surface area contributed by atoms with Gasteiger partial charge in [-0.2, -0.15) is 0 Å². The summed E-state index contributed by atoms with van der Waals surface area (Å²) in [6, 6.07) is 17.1. The molecule has 2 heterocycles. The molecule has 0 N–H and O–H groups in total. The van der Waals surface area contributed by atoms with E-state index in [0.717, 1.165) is 5.56 Å². The third-order valence-electron chi connectivity index (χ3n) is 5.10. The molecule has 1 unspecified atom stereocenters. The predicted molar refractivity (Wildman–Crippen MR) is 118 cm³/mol. The zero-order valence-electron chi connectivity index (χ0n) is 15.9. The molecule has 8 heteroatoms. The van der Waals surface area contributed by atoms with E-state index in [0.29, 0.717) is 33.6 Å². The summed E-state index contributed by atoms with van der Waals surface area (Å²) in [4.78, 5) is 14.8. The minimum Gasteiger partial charge on any atom is -0.459 e. The highest BCUT2D eigenvalue weighted by atomic mass is 35.5. The molecule has 2 aromatic carbocycles. The molecule has 5 nitrogen and oxygen atoms in total. The van der Waals surface area contributed by atoms with Gasteiger partial charge in [-0.3, -0.25) is 4.79 Å². The molecule has 1 aliphatic rings. The van der Waals surface area contributed by atoms with Gasteiger partial charge in [-0.15, -0.1) is 0 Å². The van der Waals surface area contributed by atoms with Gasteiger partial charge in [-0.1, -0.05) is 35.3 Å². The molecule has 0 bridgehead atoms. The third-order valence-corrected chi connectivity index (χ3v) is 7.34. The Hall–Kier alpha value is -2.28. The van der Waals surface area contributed by atoms with E-state index >= 15 is 0 Å². The van der Waals surface area contributed by atoms with Crippen molar-refractivity contribution < 1.29 is 17.6 Å². The van der Waals surface area contributed by atoms with Crippen LogP contribution in [0, 0.1) is 0 Å². The number of benzene rings is 2. The van der Waals surface area contributed by atoms with Crippen molar-refractivity contribution >= 4 is 38.9 Å². The minimum absolute atomic E-state index is 0.0474. The molecule has 1 aliphatic heterocycles. The molecular formula is C22H19Cl2NO4S. The molecule has 0 saturated carbocycles. The lowest BCUT2D eigenvalue weighted by Crippen LogP contribution is -2.40. The molecule has 0 aliphatic carbocycles. The second-order valence-corrected chi connectivity index (χ2v) is 10.4. The largest absolute Gasteiger partial charge is 0.459 e. The number of hydrogen-bond donors (Lipinski definition) is 0. The lowest BCUT2D eigenvalue weighted by molar-refractivity contribution is 0.0666. The maximum atomic E-state index is 13.2. The van der Waals surface area contributed by atoms with Gasteiger partial charge in [0.1, 0.15) is 11.5 Å². The SMILES string of the molecule is O=C(c1ccc(Cl)cc1)N(Cc1ccc(-c2cccc(Cl)c2)o1)C1CCS(=O)(=O)C1. The van der Waals surface area contributed by atoms with Crippen LogP contribution in [0.2, 0.25) is 10.0 Å². The van der Waals surface area contributed by atoms with E-state index in [1.54, 1.807) is 47.4 Å². The van der Waals surface area contributed by atoms with Gasteiger partial charge in [0.25, 0.3) is 5.91 Å². The standard InChI is InChI=1S/C22H19Cl2NO4S/c23-17-6-4-15(5-7-17)22(26)25(19-10-11-30(27,28)14-19)13-20-8-9-21(29-20)16-2-1-3-18(24)12-16/h1-9,12,19H,10-11,13-14H2. The maximum absolute atomic E-state index is 13.2. The zero-order chi connectivity index (χ0) is 21.3. The van der Waals surface area contributed by atoms with Crippen LogP contribution >= 0.6 is 23.2 Å². The van der Waals surface area contributed by atoms with E-state index in [9.17, 15) is 13.2 Å². The predicted octanol–water partition coefficient (Wildman–Crippen LogP) is 5.08. The summed E-state index contributed by atoms with van der Waals surface area (Å²) in [6.07, 6.45) is 0.406. The number of sulfone groups is 1. The van der Waals surface area contributed by atoms with Crippen LogP contribution in [0.25, 0.3) is 11.3 Å². The quantitative estimate of drug-likeness (QED) is 0.528. The Morgan fingerprint density at radius 1 is 1.03 bits per heavy atom. The number of nitrogens with zero attached hydrogens (tertiary/aromatic N) is 1. The normalized spacial score (nSPS) is 17.7. The highest BCUT2D eigenvalue weighted by Crippen LogP contribution is 2.28. The second-order valence-electron chi connectivity index (χ2n) is 7.27. The lowest BCUT2D eigenvalue weighted by Gasteiger charge is -2.27. The number of amides is 1. The Labute approximate surface area is 185 Å². The van der Waals surface area contributed by atoms with Gasteiger partial charge in [0.05, 0.1) is 18.1 Å². The number of carbonyl (C=O) groups excluding carboxylic acids is 1. The van der Waals surface area contributed by atoms with Crippen molar-refractivity contribution in [3.8, 4) is 11.3 Å². The topological polar surface area (TPSA) is 67.6 Å². The van der Waals surface area contributed by atoms with Crippen molar-refractivity contribution in [2.75, 3.05) is 11.5 Å². The summed E-state index contributed by atoms with van der Waals surface area (Å²) in [5.74, 6) is 0.971. The summed E-state index contributed by atoms with van der Waals surface area (Å²) >= 11 is 12.0. The highest BCUT2D eigenvalue weighted by molar-refractivity contribution is 7.91. The van der Waals surface area contributed by atoms with E-state index in [1.807, 2.05) is 18.2 Å². The van der Waals surface area contributed by atoms with Crippen molar-refractivity contribution in [1.29, 1.82) is 0 Å². The Balaban J connectivity index is 1.62. The van der Waals surface area contributed by atoms with E-state index in [2.05, 4.69) is 0 Å². The molecule has 1 atom stereocenters. The summed E-state index contributed by atoms with van der Waals surface area (Å²) in [5.41, 5.74) is 1.28. The van der Waals surface area contributed by atoms with Gasteiger partial charge in [-0.05, 0) is 55.0 Å². The first-order chi connectivity index (χ1) is 14.3. The minimum atomic E-state index is -3.16. The molecule has 1 fully saturated rings. The molecule has 0 radical (unpaired) electrons. The van der Waals surface area contributed by atoms with Crippen LogP contribution in [-0.4, -0.2) is 36.8 Å². The average Bonchev–Trinajstić information content (AvgIpc) is 3.32. The van der Waals surface area contributed by atoms with Crippen LogP contribution in [0.5, 0.6) is 0 Å². The Morgan fingerprint density at radius 3 is 2.47 bits per heavy atom. The van der Waals surface area contributed by atoms with Gasteiger partial charge in [0.2, 0.25) is 0 Å². The number of carbonyl (C=O) groups is 1. The smallest absolute Gasteiger partial charge is 0.254 e. The maximum Gasteiger partial charge on any atom is 0.254 e. The first-order valence-corrected chi connectivity index (χ1v) is 12.0. The van der Waals surface area contributed by atoms with E-state index < -0.39 is 15.9 Å². The van der Waals surface area contributed by atoms with Gasteiger partial charge in [0.15, 0.2) is 9.84 Å². The van der Waals surface area contributed by atoms with Crippen LogP contribution in [0.3, 0.4) is 0 Å². The van der Waals surface area contributed by atoms with Crippen LogP contribution < -0.4 is 0 Å². The lowest BCUT2D eigenvalue weighted by atomic mass is 10.1. The summed E-state index contributed by atoms with van der Waals surface area (Å²) in [7, 11) is -3.16. The van der Waals surface area contributed by atoms with Crippen LogP contribution in [0.4, 0.5) is 0 Å². The van der Waals surface area contributed by atoms with Crippen LogP contribution in [-0.2, 0) is 16.4 Å². The Morgan fingerprint density at radius 2 is 1.80 bits per heavy atom. The van der Waals surface area contributed by atoms with Crippen molar-refractivity contribution in [2.45, 2.75) is 19.0 Å². The fourth-order valence-corrected chi connectivity index (χ4v) is 5.62. The molecule has 30 heavy (non-hydrogen) atoms. The third kappa shape index (κ3) is 4.72. The molecular weight excluding hydrogens is 445 g/mol. The monoisotopic (exact) mass is 463 g/mol. The number of furan rings is 1. The first kappa shape index (κ1) is 21.0. The summed E-state index contributed by atoms with van der Waals surface area (Å²) in [5, 5.41) is 1.12. The number of halogens is 2. The van der Waals surface area contributed by atoms with Crippen molar-refractivity contribution in [1.82, 2.24) is 4.90 Å². The molecule has 156 valence electrons. The number of rotatable bonds is 5. The van der Waals surface area contributed by atoms with E-state index in [1.165, 1.54) is 0 Å². The van der Waals surface area contributed by atoms with Gasteiger partial charge >= 0.3 is 0 Å². The van der Waals surface area contributed by atoms with Crippen molar-refractivity contribution in [3.63, 3.8) is 0 Å². The van der Waals surface area contributed by atoms with E-state index in [-0.39, 0.29) is 24.0 Å². The first-order valence-electron chi connectivity index (χ1n) is 9.42. The van der Waals surface area contributed by atoms with Crippen molar-refractivity contribution in [3.05, 3.63) is 82.0 Å².